The van der Waals surface area contributed by atoms with E-state index >= 15 is 0 Å². The van der Waals surface area contributed by atoms with Crippen LogP contribution in [0.15, 0.2) is 48.8 Å². The van der Waals surface area contributed by atoms with Gasteiger partial charge < -0.3 is 9.84 Å². The number of nitrogens with zero attached hydrogens (tertiary/aromatic N) is 4. The van der Waals surface area contributed by atoms with Crippen LogP contribution in [-0.2, 0) is 16.6 Å². The second kappa shape index (κ2) is 8.96. The van der Waals surface area contributed by atoms with Crippen molar-refractivity contribution in [2.45, 2.75) is 39.4 Å². The summed E-state index contributed by atoms with van der Waals surface area (Å²) in [6, 6.07) is 11.3. The molecule has 9 heteroatoms. The molecule has 36 heavy (non-hydrogen) atoms. The maximum absolute atomic E-state index is 12.5. The summed E-state index contributed by atoms with van der Waals surface area (Å²) in [7, 11) is 1.88. The molecule has 1 N–H and O–H groups in total. The van der Waals surface area contributed by atoms with Crippen LogP contribution in [0.25, 0.3) is 42.9 Å². The van der Waals surface area contributed by atoms with Gasteiger partial charge in [0.25, 0.3) is 0 Å². The number of hydrogen-bond acceptors (Lipinski definition) is 6. The summed E-state index contributed by atoms with van der Waals surface area (Å²) >= 11 is 7.66. The molecule has 0 aliphatic carbocycles. The normalized spacial score (nSPS) is 12.9. The lowest BCUT2D eigenvalue weighted by Crippen LogP contribution is -2.28. The number of carboxylic acid groups (broad SMARTS) is 1. The van der Waals surface area contributed by atoms with Crippen LogP contribution in [-0.4, -0.2) is 36.4 Å². The number of halogens is 1. The van der Waals surface area contributed by atoms with E-state index in [4.69, 9.17) is 21.3 Å². The summed E-state index contributed by atoms with van der Waals surface area (Å²) in [5.41, 5.74) is 4.80. The van der Waals surface area contributed by atoms with E-state index in [0.717, 1.165) is 48.5 Å². The lowest BCUT2D eigenvalue weighted by atomic mass is 9.91. The van der Waals surface area contributed by atoms with Crippen molar-refractivity contribution in [2.75, 3.05) is 0 Å². The third-order valence-corrected chi connectivity index (χ3v) is 7.23. The van der Waals surface area contributed by atoms with E-state index in [9.17, 15) is 9.90 Å². The Balaban J connectivity index is 1.78. The highest BCUT2D eigenvalue weighted by Crippen LogP contribution is 2.44. The summed E-state index contributed by atoms with van der Waals surface area (Å²) < 4.78 is 8.72. The van der Waals surface area contributed by atoms with Crippen molar-refractivity contribution in [3.05, 3.63) is 64.9 Å². The monoisotopic (exact) mass is 520 g/mol. The topological polar surface area (TPSA) is 90.1 Å². The molecule has 3 heterocycles. The van der Waals surface area contributed by atoms with Gasteiger partial charge in [-0.3, -0.25) is 9.67 Å². The first-order valence-electron chi connectivity index (χ1n) is 11.4. The number of rotatable bonds is 5. The Bertz CT molecular complexity index is 1620. The Labute approximate surface area is 217 Å². The van der Waals surface area contributed by atoms with Crippen molar-refractivity contribution in [3.8, 4) is 21.8 Å². The number of aryl methyl sites for hydroxylation is 2. The lowest BCUT2D eigenvalue weighted by Gasteiger charge is -2.28. The number of pyridine rings is 1. The van der Waals surface area contributed by atoms with E-state index in [0.29, 0.717) is 10.6 Å². The molecular formula is C27H25ClN4O3S. The zero-order chi connectivity index (χ0) is 25.8. The molecule has 0 saturated carbocycles. The molecular weight excluding hydrogens is 496 g/mol. The van der Waals surface area contributed by atoms with Crippen molar-refractivity contribution in [1.82, 2.24) is 19.7 Å². The number of benzene rings is 2. The Morgan fingerprint density at radius 3 is 2.56 bits per heavy atom. The average molecular weight is 521 g/mol. The van der Waals surface area contributed by atoms with Crippen LogP contribution in [0.5, 0.6) is 0 Å². The summed E-state index contributed by atoms with van der Waals surface area (Å²) in [4.78, 5) is 22.0. The van der Waals surface area contributed by atoms with Gasteiger partial charge in [-0.1, -0.05) is 23.7 Å². The Kier molecular flexibility index (Phi) is 6.06. The van der Waals surface area contributed by atoms with Crippen LogP contribution in [0.1, 0.15) is 38.0 Å². The molecule has 0 amide bonds. The molecule has 0 aliphatic rings. The number of aromatic nitrogens is 4. The Morgan fingerprint density at radius 2 is 1.89 bits per heavy atom. The van der Waals surface area contributed by atoms with Crippen molar-refractivity contribution in [1.29, 1.82) is 0 Å². The minimum atomic E-state index is -1.16. The number of carbonyl (C=O) groups is 1. The van der Waals surface area contributed by atoms with E-state index in [1.807, 2.05) is 59.0 Å². The van der Waals surface area contributed by atoms with Gasteiger partial charge in [0.2, 0.25) is 0 Å². The van der Waals surface area contributed by atoms with Gasteiger partial charge in [0.15, 0.2) is 6.10 Å². The van der Waals surface area contributed by atoms with Crippen LogP contribution >= 0.6 is 22.9 Å². The average Bonchev–Trinajstić information content (AvgIpc) is 3.40. The predicted octanol–water partition coefficient (Wildman–Crippen LogP) is 6.81. The molecule has 0 saturated heterocycles. The fourth-order valence-corrected chi connectivity index (χ4v) is 5.53. The fraction of sp³-hybridized carbons (Fsp3) is 0.259. The molecule has 7 nitrogen and oxygen atoms in total. The molecule has 3 aromatic heterocycles. The molecule has 0 spiro atoms. The van der Waals surface area contributed by atoms with Crippen molar-refractivity contribution in [3.63, 3.8) is 0 Å². The first kappa shape index (κ1) is 24.4. The number of ether oxygens (including phenoxy) is 1. The van der Waals surface area contributed by atoms with Gasteiger partial charge in [-0.15, -0.1) is 11.3 Å². The van der Waals surface area contributed by atoms with Gasteiger partial charge in [0.05, 0.1) is 39.4 Å². The molecule has 5 rings (SSSR count). The van der Waals surface area contributed by atoms with E-state index in [1.165, 1.54) is 11.3 Å². The number of hydrogen-bond donors (Lipinski definition) is 1. The van der Waals surface area contributed by atoms with Gasteiger partial charge in [-0.25, -0.2) is 9.78 Å². The summed E-state index contributed by atoms with van der Waals surface area (Å²) in [5, 5.41) is 16.8. The van der Waals surface area contributed by atoms with Crippen LogP contribution in [0.4, 0.5) is 0 Å². The highest BCUT2D eigenvalue weighted by molar-refractivity contribution is 7.22. The van der Waals surface area contributed by atoms with Gasteiger partial charge in [-0.2, -0.15) is 5.10 Å². The van der Waals surface area contributed by atoms with Crippen LogP contribution in [0, 0.1) is 6.92 Å². The van der Waals surface area contributed by atoms with Gasteiger partial charge in [0.1, 0.15) is 5.01 Å². The molecule has 0 aliphatic heterocycles. The smallest absolute Gasteiger partial charge is 0.337 e. The SMILES string of the molecule is Cc1cc2nc(-c3cc4cnn(C)c4cn3)sc2c(-c2ccc(Cl)cc2)c1[C@H](OC(C)(C)C)C(=O)O. The minimum absolute atomic E-state index is 0.601. The number of aliphatic carboxylic acids is 1. The third-order valence-electron chi connectivity index (χ3n) is 5.87. The van der Waals surface area contributed by atoms with Gasteiger partial charge in [-0.05, 0) is 63.1 Å². The van der Waals surface area contributed by atoms with E-state index < -0.39 is 17.7 Å². The molecule has 184 valence electrons. The molecule has 2 aromatic carbocycles. The highest BCUT2D eigenvalue weighted by atomic mass is 35.5. The summed E-state index contributed by atoms with van der Waals surface area (Å²) in [6.07, 6.45) is 2.43. The second-order valence-corrected chi connectivity index (χ2v) is 11.1. The van der Waals surface area contributed by atoms with Crippen LogP contribution in [0.2, 0.25) is 5.02 Å². The zero-order valence-corrected chi connectivity index (χ0v) is 22.1. The largest absolute Gasteiger partial charge is 0.479 e. The minimum Gasteiger partial charge on any atom is -0.479 e. The second-order valence-electron chi connectivity index (χ2n) is 9.70. The lowest BCUT2D eigenvalue weighted by molar-refractivity contribution is -0.160. The summed E-state index contributed by atoms with van der Waals surface area (Å²) in [6.45, 7) is 7.45. The van der Waals surface area contributed by atoms with E-state index in [-0.39, 0.29) is 0 Å². The standard InChI is InChI=1S/C27H25ClN4O3S/c1-14-10-18-24(36-25(31-18)19-11-16-12-30-32(5)20(16)13-29-19)22(15-6-8-17(28)9-7-15)21(14)23(26(33)34)35-27(2,3)4/h6-13,23H,1-5H3,(H,33,34)/t23-/m0/s1. The summed E-state index contributed by atoms with van der Waals surface area (Å²) in [5.74, 6) is -1.05. The molecule has 0 fully saturated rings. The van der Waals surface area contributed by atoms with Crippen molar-refractivity contribution >= 4 is 50.0 Å². The number of carboxylic acids is 1. The third kappa shape index (κ3) is 4.48. The van der Waals surface area contributed by atoms with Gasteiger partial charge >= 0.3 is 5.97 Å². The Hall–Kier alpha value is -3.33. The quantitative estimate of drug-likeness (QED) is 0.273. The maximum atomic E-state index is 12.5. The first-order valence-corrected chi connectivity index (χ1v) is 12.6. The zero-order valence-electron chi connectivity index (χ0n) is 20.5. The number of thiazole rings is 1. The van der Waals surface area contributed by atoms with Gasteiger partial charge in [0, 0.05) is 28.6 Å². The van der Waals surface area contributed by atoms with Crippen LogP contribution in [0.3, 0.4) is 0 Å². The van der Waals surface area contributed by atoms with Crippen molar-refractivity contribution in [2.24, 2.45) is 7.05 Å². The molecule has 0 radical (unpaired) electrons. The first-order chi connectivity index (χ1) is 17.0. The molecule has 5 aromatic rings. The van der Waals surface area contributed by atoms with E-state index in [1.54, 1.807) is 29.2 Å². The molecule has 1 atom stereocenters. The molecule has 0 bridgehead atoms. The van der Waals surface area contributed by atoms with Crippen LogP contribution < -0.4 is 0 Å². The van der Waals surface area contributed by atoms with E-state index in [2.05, 4.69) is 10.1 Å². The van der Waals surface area contributed by atoms with Crippen molar-refractivity contribution < 1.29 is 14.6 Å². The Morgan fingerprint density at radius 1 is 1.17 bits per heavy atom. The highest BCUT2D eigenvalue weighted by Gasteiger charge is 2.32. The number of fused-ring (bicyclic) bond motifs is 2. The predicted molar refractivity (Wildman–Crippen MR) is 144 cm³/mol. The molecule has 0 unspecified atom stereocenters. The maximum Gasteiger partial charge on any atom is 0.337 e. The fourth-order valence-electron chi connectivity index (χ4n) is 4.31.